The number of fused-ring (bicyclic) bond motifs is 11. The van der Waals surface area contributed by atoms with Crippen molar-refractivity contribution < 1.29 is 39.7 Å². The molecule has 3 aromatic carbocycles. The molecule has 11 nitrogen and oxygen atoms in total. The third-order valence-corrected chi connectivity index (χ3v) is 8.38. The van der Waals surface area contributed by atoms with Crippen molar-refractivity contribution in [3.8, 4) is 17.2 Å². The van der Waals surface area contributed by atoms with Crippen molar-refractivity contribution in [1.29, 1.82) is 0 Å². The highest BCUT2D eigenvalue weighted by molar-refractivity contribution is 6.25. The number of aromatic nitrogens is 2. The van der Waals surface area contributed by atoms with Crippen LogP contribution in [0.5, 0.6) is 17.2 Å². The quantitative estimate of drug-likeness (QED) is 0.178. The maximum Gasteiger partial charge on any atom is 0.163 e. The Morgan fingerprint density at radius 2 is 1.62 bits per heavy atom. The Hall–Kier alpha value is -3.58. The van der Waals surface area contributed by atoms with Gasteiger partial charge in [-0.2, -0.15) is 0 Å². The molecule has 3 aliphatic rings. The molecule has 1 saturated heterocycles. The Balaban J connectivity index is 1.53. The molecule has 8 rings (SSSR count). The number of hydrogen-bond acceptors (Lipinski definition) is 9. The van der Waals surface area contributed by atoms with Gasteiger partial charge in [0.15, 0.2) is 17.7 Å². The molecule has 3 aliphatic heterocycles. The summed E-state index contributed by atoms with van der Waals surface area (Å²) < 4.78 is 19.6. The standard InChI is InChI=1S/C28H27N3O8/c32-10-20-25(34)26(35)27(36)28(39-20)31-17-2-1-11(33)5-13(17)22-15-9-29-8-14(15)21-12-6-18-19(38-4-3-37-18)7-16(12)30-23(21)24(22)31/h1-2,5-7,20,25-30,32-36H,3-4,8-10H2/t20-,25-,26+,27-,28-/m1/s1. The molecule has 0 spiro atoms. The van der Waals surface area contributed by atoms with Crippen molar-refractivity contribution in [2.45, 2.75) is 43.7 Å². The highest BCUT2D eigenvalue weighted by atomic mass is 16.6. The first kappa shape index (κ1) is 23.3. The van der Waals surface area contributed by atoms with Gasteiger partial charge in [-0.05, 0) is 35.4 Å². The minimum atomic E-state index is -1.54. The van der Waals surface area contributed by atoms with Crippen LogP contribution in [0.1, 0.15) is 17.4 Å². The van der Waals surface area contributed by atoms with E-state index in [4.69, 9.17) is 14.2 Å². The van der Waals surface area contributed by atoms with Gasteiger partial charge in [-0.15, -0.1) is 0 Å². The van der Waals surface area contributed by atoms with E-state index >= 15 is 0 Å². The number of phenolic OH excluding ortho intramolecular Hbond substituents is 1. The number of nitrogens with zero attached hydrogens (tertiary/aromatic N) is 1. The molecule has 2 aromatic heterocycles. The third-order valence-electron chi connectivity index (χ3n) is 8.38. The third kappa shape index (κ3) is 3.08. The summed E-state index contributed by atoms with van der Waals surface area (Å²) in [6.07, 6.45) is -6.72. The molecule has 39 heavy (non-hydrogen) atoms. The number of aliphatic hydroxyl groups excluding tert-OH is 4. The topological polar surface area (TPSA) is 162 Å². The molecule has 5 atom stereocenters. The first-order valence-corrected chi connectivity index (χ1v) is 13.0. The van der Waals surface area contributed by atoms with Crippen LogP contribution in [0.15, 0.2) is 30.3 Å². The van der Waals surface area contributed by atoms with E-state index in [0.29, 0.717) is 48.8 Å². The molecular weight excluding hydrogens is 506 g/mol. The van der Waals surface area contributed by atoms with Crippen LogP contribution in [0.3, 0.4) is 0 Å². The van der Waals surface area contributed by atoms with Crippen LogP contribution < -0.4 is 14.8 Å². The monoisotopic (exact) mass is 533 g/mol. The van der Waals surface area contributed by atoms with Crippen LogP contribution >= 0.6 is 0 Å². The van der Waals surface area contributed by atoms with Crippen molar-refractivity contribution in [2.75, 3.05) is 19.8 Å². The lowest BCUT2D eigenvalue weighted by atomic mass is 9.96. The number of hydrogen-bond donors (Lipinski definition) is 7. The van der Waals surface area contributed by atoms with Crippen molar-refractivity contribution in [2.24, 2.45) is 0 Å². The average Bonchev–Trinajstić information content (AvgIpc) is 3.64. The number of benzene rings is 3. The maximum absolute atomic E-state index is 11.2. The molecule has 0 unspecified atom stereocenters. The number of nitrogens with one attached hydrogen (secondary N) is 2. The van der Waals surface area contributed by atoms with Gasteiger partial charge in [-0.25, -0.2) is 0 Å². The zero-order chi connectivity index (χ0) is 26.6. The molecular formula is C28H27N3O8. The summed E-state index contributed by atoms with van der Waals surface area (Å²) in [6, 6.07) is 8.91. The summed E-state index contributed by atoms with van der Waals surface area (Å²) in [5, 5.41) is 59.7. The van der Waals surface area contributed by atoms with E-state index < -0.39 is 37.3 Å². The van der Waals surface area contributed by atoms with E-state index in [1.807, 2.05) is 12.1 Å². The summed E-state index contributed by atoms with van der Waals surface area (Å²) >= 11 is 0. The predicted molar refractivity (Wildman–Crippen MR) is 141 cm³/mol. The van der Waals surface area contributed by atoms with E-state index in [2.05, 4.69) is 10.3 Å². The number of ether oxygens (including phenoxy) is 3. The van der Waals surface area contributed by atoms with Gasteiger partial charge in [0.25, 0.3) is 0 Å². The van der Waals surface area contributed by atoms with E-state index in [0.717, 1.165) is 43.7 Å². The minimum absolute atomic E-state index is 0.0915. The second-order valence-corrected chi connectivity index (χ2v) is 10.5. The summed E-state index contributed by atoms with van der Waals surface area (Å²) in [5.74, 6) is 1.42. The first-order valence-electron chi connectivity index (χ1n) is 13.0. The molecule has 0 saturated carbocycles. The first-order chi connectivity index (χ1) is 19.0. The molecule has 1 fully saturated rings. The molecule has 0 radical (unpaired) electrons. The van der Waals surface area contributed by atoms with E-state index in [1.54, 1.807) is 22.8 Å². The van der Waals surface area contributed by atoms with Gasteiger partial charge in [0.2, 0.25) is 0 Å². The summed E-state index contributed by atoms with van der Waals surface area (Å²) in [4.78, 5) is 3.57. The number of H-pyrrole nitrogens is 1. The highest BCUT2D eigenvalue weighted by Gasteiger charge is 2.45. The molecule has 5 heterocycles. The maximum atomic E-state index is 11.2. The van der Waals surface area contributed by atoms with Gasteiger partial charge in [0, 0.05) is 40.7 Å². The zero-order valence-electron chi connectivity index (χ0n) is 20.7. The normalized spacial score (nSPS) is 26.7. The molecule has 202 valence electrons. The molecule has 5 aromatic rings. The van der Waals surface area contributed by atoms with Crippen molar-refractivity contribution in [3.63, 3.8) is 0 Å². The fourth-order valence-corrected chi connectivity index (χ4v) is 6.64. The van der Waals surface area contributed by atoms with Gasteiger partial charge >= 0.3 is 0 Å². The van der Waals surface area contributed by atoms with Crippen molar-refractivity contribution in [3.05, 3.63) is 41.5 Å². The number of phenols is 1. The molecule has 0 bridgehead atoms. The fourth-order valence-electron chi connectivity index (χ4n) is 6.64. The van der Waals surface area contributed by atoms with Crippen molar-refractivity contribution >= 4 is 43.6 Å². The Morgan fingerprint density at radius 1 is 0.872 bits per heavy atom. The number of rotatable bonds is 2. The lowest BCUT2D eigenvalue weighted by Crippen LogP contribution is -2.56. The smallest absolute Gasteiger partial charge is 0.163 e. The second kappa shape index (κ2) is 8.21. The zero-order valence-corrected chi connectivity index (χ0v) is 20.7. The van der Waals surface area contributed by atoms with Gasteiger partial charge < -0.3 is 54.6 Å². The largest absolute Gasteiger partial charge is 0.508 e. The van der Waals surface area contributed by atoms with E-state index in [1.165, 1.54) is 0 Å². The molecule has 0 amide bonds. The second-order valence-electron chi connectivity index (χ2n) is 10.5. The fraction of sp³-hybridized carbons (Fsp3) is 0.357. The molecule has 0 aliphatic carbocycles. The Bertz CT molecular complexity index is 1810. The highest BCUT2D eigenvalue weighted by Crippen LogP contribution is 2.48. The summed E-state index contributed by atoms with van der Waals surface area (Å²) in [5.41, 5.74) is 5.21. The van der Waals surface area contributed by atoms with Gasteiger partial charge in [-0.1, -0.05) is 0 Å². The van der Waals surface area contributed by atoms with Crippen molar-refractivity contribution in [1.82, 2.24) is 14.9 Å². The summed E-state index contributed by atoms with van der Waals surface area (Å²) in [7, 11) is 0. The lowest BCUT2D eigenvalue weighted by molar-refractivity contribution is -0.249. The van der Waals surface area contributed by atoms with Crippen LogP contribution in [0.4, 0.5) is 0 Å². The SMILES string of the molecule is OC[C@H]1O[C@@H](n2c3ccc(O)cc3c3c4c(c5c6cc7c(cc6[nH]c5c32)OCCO7)CNC4)[C@H](O)[C@@H](O)[C@@H]1O. The van der Waals surface area contributed by atoms with Gasteiger partial charge in [0.1, 0.15) is 43.4 Å². The number of aliphatic hydroxyl groups is 4. The number of aromatic hydroxyl groups is 1. The van der Waals surface area contributed by atoms with Gasteiger partial charge in [-0.3, -0.25) is 0 Å². The average molecular weight is 534 g/mol. The van der Waals surface area contributed by atoms with E-state index in [-0.39, 0.29) is 5.75 Å². The van der Waals surface area contributed by atoms with Crippen LogP contribution in [-0.2, 0) is 17.8 Å². The predicted octanol–water partition coefficient (Wildman–Crippen LogP) is 1.48. The van der Waals surface area contributed by atoms with Crippen LogP contribution in [0, 0.1) is 0 Å². The van der Waals surface area contributed by atoms with E-state index in [9.17, 15) is 25.5 Å². The molecule has 7 N–H and O–H groups in total. The Kier molecular flexibility index (Phi) is 4.91. The molecule has 11 heteroatoms. The minimum Gasteiger partial charge on any atom is -0.508 e. The lowest BCUT2D eigenvalue weighted by Gasteiger charge is -2.41. The van der Waals surface area contributed by atoms with Crippen LogP contribution in [-0.4, -0.2) is 79.3 Å². The van der Waals surface area contributed by atoms with Crippen LogP contribution in [0.25, 0.3) is 43.6 Å². The number of aromatic amines is 1. The Labute approximate surface area is 220 Å². The Morgan fingerprint density at radius 3 is 2.38 bits per heavy atom. The summed E-state index contributed by atoms with van der Waals surface area (Å²) in [6.45, 7) is 1.65. The van der Waals surface area contributed by atoms with Gasteiger partial charge in [0.05, 0.1) is 28.7 Å². The van der Waals surface area contributed by atoms with Crippen LogP contribution in [0.2, 0.25) is 0 Å².